The first-order valence-electron chi connectivity index (χ1n) is 5.60. The lowest BCUT2D eigenvalue weighted by Crippen LogP contribution is -2.48. The van der Waals surface area contributed by atoms with Gasteiger partial charge in [-0.2, -0.15) is 0 Å². The zero-order chi connectivity index (χ0) is 12.0. The summed E-state index contributed by atoms with van der Waals surface area (Å²) in [5.41, 5.74) is 2.06. The zero-order valence-electron chi connectivity index (χ0n) is 9.02. The van der Waals surface area contributed by atoms with Crippen molar-refractivity contribution in [3.05, 3.63) is 40.4 Å². The molecule has 88 valence electrons. The second kappa shape index (κ2) is 3.88. The molecule has 2 aliphatic rings. The van der Waals surface area contributed by atoms with E-state index < -0.39 is 12.0 Å². The highest BCUT2D eigenvalue weighted by Crippen LogP contribution is 2.45. The fraction of sp³-hybridized carbons (Fsp3) is 0.308. The van der Waals surface area contributed by atoms with Crippen molar-refractivity contribution >= 4 is 27.6 Å². The van der Waals surface area contributed by atoms with E-state index >= 15 is 0 Å². The summed E-state index contributed by atoms with van der Waals surface area (Å²) in [5.74, 6) is -0.759. The molecular formula is C13H11BrNO2-. The van der Waals surface area contributed by atoms with E-state index in [2.05, 4.69) is 39.5 Å². The molecule has 0 aromatic heterocycles. The van der Waals surface area contributed by atoms with Crippen LogP contribution in [0.4, 0.5) is 5.69 Å². The third-order valence-corrected chi connectivity index (χ3v) is 4.07. The molecule has 3 nitrogen and oxygen atoms in total. The van der Waals surface area contributed by atoms with Gasteiger partial charge in [0.1, 0.15) is 0 Å². The van der Waals surface area contributed by atoms with Crippen LogP contribution in [0.25, 0.3) is 0 Å². The van der Waals surface area contributed by atoms with Crippen molar-refractivity contribution in [3.63, 3.8) is 0 Å². The fourth-order valence-corrected chi connectivity index (χ4v) is 3.18. The number of hydrogen-bond donors (Lipinski definition) is 1. The predicted octanol–water partition coefficient (Wildman–Crippen LogP) is 1.65. The van der Waals surface area contributed by atoms with Gasteiger partial charge in [0.15, 0.2) is 0 Å². The molecule has 1 aromatic rings. The first-order valence-corrected chi connectivity index (χ1v) is 6.39. The van der Waals surface area contributed by atoms with Crippen LogP contribution in [0, 0.1) is 5.92 Å². The first kappa shape index (κ1) is 10.8. The number of nitrogens with one attached hydrogen (secondary N) is 1. The van der Waals surface area contributed by atoms with Gasteiger partial charge >= 0.3 is 0 Å². The highest BCUT2D eigenvalue weighted by molar-refractivity contribution is 9.10. The molecule has 0 saturated carbocycles. The smallest absolute Gasteiger partial charge is 0.0698 e. The van der Waals surface area contributed by atoms with Crippen LogP contribution in [0.2, 0.25) is 0 Å². The highest BCUT2D eigenvalue weighted by atomic mass is 79.9. The second-order valence-electron chi connectivity index (χ2n) is 4.53. The number of rotatable bonds is 1. The highest BCUT2D eigenvalue weighted by Gasteiger charge is 2.37. The van der Waals surface area contributed by atoms with E-state index in [-0.39, 0.29) is 11.8 Å². The Morgan fingerprint density at radius 2 is 2.29 bits per heavy atom. The van der Waals surface area contributed by atoms with Gasteiger partial charge < -0.3 is 15.2 Å². The molecule has 1 aliphatic heterocycles. The van der Waals surface area contributed by atoms with Crippen LogP contribution in [0.1, 0.15) is 17.9 Å². The molecule has 1 heterocycles. The van der Waals surface area contributed by atoms with Crippen molar-refractivity contribution in [1.29, 1.82) is 0 Å². The van der Waals surface area contributed by atoms with Gasteiger partial charge in [0.2, 0.25) is 0 Å². The summed E-state index contributed by atoms with van der Waals surface area (Å²) >= 11 is 3.45. The van der Waals surface area contributed by atoms with Crippen LogP contribution in [0.3, 0.4) is 0 Å². The van der Waals surface area contributed by atoms with E-state index in [1.165, 1.54) is 0 Å². The normalized spacial score (nSPS) is 29.4. The molecule has 0 unspecified atom stereocenters. The minimum absolute atomic E-state index is 0.0711. The Hall–Kier alpha value is -1.29. The van der Waals surface area contributed by atoms with E-state index in [1.807, 2.05) is 12.1 Å². The predicted molar refractivity (Wildman–Crippen MR) is 66.5 cm³/mol. The topological polar surface area (TPSA) is 52.2 Å². The van der Waals surface area contributed by atoms with E-state index in [0.29, 0.717) is 0 Å². The van der Waals surface area contributed by atoms with Gasteiger partial charge in [0, 0.05) is 16.1 Å². The Bertz CT molecular complexity index is 512. The van der Waals surface area contributed by atoms with Crippen LogP contribution < -0.4 is 10.4 Å². The molecule has 0 radical (unpaired) electrons. The number of anilines is 1. The summed E-state index contributed by atoms with van der Waals surface area (Å²) in [6.07, 6.45) is 4.96. The summed E-state index contributed by atoms with van der Waals surface area (Å²) in [6.45, 7) is 0. The standard InChI is InChI=1S/C13H12BrNO2/c14-7-4-5-11-10(6-7)8-2-1-3-9(8)12(15-11)13(16)17/h1-2,4-6,8-9,12,15H,3H2,(H,16,17)/p-1/t8-,9-,12+/m0/s1. The summed E-state index contributed by atoms with van der Waals surface area (Å²) in [5, 5.41) is 14.2. The van der Waals surface area contributed by atoms with Gasteiger partial charge in [-0.15, -0.1) is 0 Å². The number of carboxylic acids is 1. The molecule has 0 bridgehead atoms. The molecule has 3 rings (SSSR count). The molecule has 1 aliphatic carbocycles. The van der Waals surface area contributed by atoms with Gasteiger partial charge in [-0.3, -0.25) is 0 Å². The van der Waals surface area contributed by atoms with Gasteiger partial charge in [0.25, 0.3) is 0 Å². The summed E-state index contributed by atoms with van der Waals surface area (Å²) in [4.78, 5) is 11.2. The maximum absolute atomic E-state index is 11.2. The molecule has 17 heavy (non-hydrogen) atoms. The summed E-state index contributed by atoms with van der Waals surface area (Å²) in [6, 6.07) is 5.29. The minimum Gasteiger partial charge on any atom is -0.548 e. The number of carboxylic acid groups (broad SMARTS) is 1. The summed E-state index contributed by atoms with van der Waals surface area (Å²) < 4.78 is 1.02. The largest absolute Gasteiger partial charge is 0.548 e. The monoisotopic (exact) mass is 292 g/mol. The van der Waals surface area contributed by atoms with E-state index in [4.69, 9.17) is 0 Å². The maximum atomic E-state index is 11.2. The minimum atomic E-state index is -1.02. The lowest BCUT2D eigenvalue weighted by Gasteiger charge is -2.37. The van der Waals surface area contributed by atoms with Crippen molar-refractivity contribution in [3.8, 4) is 0 Å². The Balaban J connectivity index is 2.09. The lowest BCUT2D eigenvalue weighted by atomic mass is 9.79. The number of aliphatic carboxylic acids is 1. The third-order valence-electron chi connectivity index (χ3n) is 3.58. The van der Waals surface area contributed by atoms with E-state index in [1.54, 1.807) is 0 Å². The molecule has 0 fully saturated rings. The van der Waals surface area contributed by atoms with E-state index in [0.717, 1.165) is 22.1 Å². The van der Waals surface area contributed by atoms with Crippen LogP contribution in [-0.2, 0) is 4.79 Å². The molecule has 0 amide bonds. The van der Waals surface area contributed by atoms with Crippen LogP contribution in [-0.4, -0.2) is 12.0 Å². The third kappa shape index (κ3) is 1.67. The zero-order valence-corrected chi connectivity index (χ0v) is 10.6. The second-order valence-corrected chi connectivity index (χ2v) is 5.44. The molecular weight excluding hydrogens is 282 g/mol. The molecule has 3 atom stereocenters. The van der Waals surface area contributed by atoms with Gasteiger partial charge in [-0.25, -0.2) is 0 Å². The quantitative estimate of drug-likeness (QED) is 0.801. The lowest BCUT2D eigenvalue weighted by molar-refractivity contribution is -0.308. The van der Waals surface area contributed by atoms with Gasteiger partial charge in [0.05, 0.1) is 12.0 Å². The SMILES string of the molecule is O=C([O-])[C@@H]1Nc2ccc(Br)cc2[C@H]2C=CC[C@@H]21. The number of hydrogen-bond acceptors (Lipinski definition) is 3. The van der Waals surface area contributed by atoms with Crippen molar-refractivity contribution in [2.75, 3.05) is 5.32 Å². The average Bonchev–Trinajstić information content (AvgIpc) is 2.76. The van der Waals surface area contributed by atoms with Gasteiger partial charge in [-0.05, 0) is 36.1 Å². The molecule has 1 N–H and O–H groups in total. The molecule has 4 heteroatoms. The number of halogens is 1. The number of carbonyl (C=O) groups excluding carboxylic acids is 1. The Kier molecular flexibility index (Phi) is 2.47. The summed E-state index contributed by atoms with van der Waals surface area (Å²) in [7, 11) is 0. The van der Waals surface area contributed by atoms with Crippen molar-refractivity contribution in [1.82, 2.24) is 0 Å². The van der Waals surface area contributed by atoms with Crippen LogP contribution >= 0.6 is 15.9 Å². The number of benzene rings is 1. The fourth-order valence-electron chi connectivity index (χ4n) is 2.80. The van der Waals surface area contributed by atoms with Crippen molar-refractivity contribution in [2.24, 2.45) is 5.92 Å². The van der Waals surface area contributed by atoms with Crippen molar-refractivity contribution < 1.29 is 9.90 Å². The number of fused-ring (bicyclic) bond motifs is 3. The molecule has 0 spiro atoms. The van der Waals surface area contributed by atoms with Gasteiger partial charge in [-0.1, -0.05) is 28.1 Å². The molecule has 1 aromatic carbocycles. The Labute approximate surface area is 108 Å². The Morgan fingerprint density at radius 3 is 3.06 bits per heavy atom. The Morgan fingerprint density at radius 1 is 1.47 bits per heavy atom. The van der Waals surface area contributed by atoms with Crippen molar-refractivity contribution in [2.45, 2.75) is 18.4 Å². The average molecular weight is 293 g/mol. The maximum Gasteiger partial charge on any atom is 0.0698 e. The molecule has 0 saturated heterocycles. The first-order chi connectivity index (χ1) is 8.16. The number of allylic oxidation sites excluding steroid dienone is 2. The van der Waals surface area contributed by atoms with Crippen LogP contribution in [0.5, 0.6) is 0 Å². The van der Waals surface area contributed by atoms with E-state index in [9.17, 15) is 9.90 Å². The number of carbonyl (C=O) groups is 1. The van der Waals surface area contributed by atoms with Crippen LogP contribution in [0.15, 0.2) is 34.8 Å².